The van der Waals surface area contributed by atoms with Crippen molar-refractivity contribution in [3.8, 4) is 11.1 Å². The number of pyridine rings is 1. The van der Waals surface area contributed by atoms with Gasteiger partial charge in [-0.15, -0.1) is 12.4 Å². The lowest BCUT2D eigenvalue weighted by Crippen LogP contribution is -2.28. The van der Waals surface area contributed by atoms with Crippen LogP contribution in [0.1, 0.15) is 36.5 Å². The predicted octanol–water partition coefficient (Wildman–Crippen LogP) is 4.92. The van der Waals surface area contributed by atoms with Crippen LogP contribution in [0.5, 0.6) is 0 Å². The SMILES string of the molecule is CC(C)O.Cl.Clc1ccc(C2CNCc3cc(-c4ccc5ncnn5c4)ccc32)cc1Cl.O. The van der Waals surface area contributed by atoms with Crippen molar-refractivity contribution in [1.82, 2.24) is 19.9 Å². The molecule has 3 heterocycles. The van der Waals surface area contributed by atoms with Gasteiger partial charge in [-0.25, -0.2) is 9.50 Å². The third kappa shape index (κ3) is 6.23. The number of aliphatic hydroxyl groups is 1. The van der Waals surface area contributed by atoms with Gasteiger partial charge in [0.05, 0.1) is 10.0 Å². The number of nitrogens with zero attached hydrogens (tertiary/aromatic N) is 3. The zero-order valence-electron chi connectivity index (χ0n) is 18.3. The smallest absolute Gasteiger partial charge is 0.155 e. The van der Waals surface area contributed by atoms with Crippen LogP contribution in [0.2, 0.25) is 10.0 Å². The molecule has 33 heavy (non-hydrogen) atoms. The van der Waals surface area contributed by atoms with E-state index in [-0.39, 0.29) is 29.9 Å². The molecule has 0 radical (unpaired) electrons. The van der Waals surface area contributed by atoms with Crippen molar-refractivity contribution in [2.75, 3.05) is 6.54 Å². The average Bonchev–Trinajstić information content (AvgIpc) is 3.22. The number of hydrogen-bond donors (Lipinski definition) is 2. The van der Waals surface area contributed by atoms with E-state index in [1.165, 1.54) is 22.3 Å². The minimum atomic E-state index is -0.167. The van der Waals surface area contributed by atoms with Gasteiger partial charge >= 0.3 is 0 Å². The summed E-state index contributed by atoms with van der Waals surface area (Å²) in [5, 5.41) is 17.0. The first-order chi connectivity index (χ1) is 14.9. The van der Waals surface area contributed by atoms with Gasteiger partial charge in [0.2, 0.25) is 0 Å². The maximum Gasteiger partial charge on any atom is 0.155 e. The van der Waals surface area contributed by atoms with Crippen molar-refractivity contribution < 1.29 is 10.6 Å². The van der Waals surface area contributed by atoms with Crippen LogP contribution in [0.15, 0.2) is 61.1 Å². The standard InChI is InChI=1S/C21H16Cl2N4.C3H8O.ClH.H2O/c22-19-5-2-14(8-20(19)23)18-10-24-9-16-7-13(1-4-17(16)18)15-3-6-21-25-12-26-27(21)11-15;1-3(2)4;;/h1-8,11-12,18,24H,9-10H2;3-4H,1-2H3;1H;1H2. The van der Waals surface area contributed by atoms with Crippen molar-refractivity contribution in [2.45, 2.75) is 32.4 Å². The highest BCUT2D eigenvalue weighted by molar-refractivity contribution is 6.42. The predicted molar refractivity (Wildman–Crippen MR) is 137 cm³/mol. The molecule has 0 aliphatic carbocycles. The maximum absolute atomic E-state index is 8.06. The fraction of sp³-hybridized carbons (Fsp3) is 0.250. The summed E-state index contributed by atoms with van der Waals surface area (Å²) in [6, 6.07) is 16.6. The quantitative estimate of drug-likeness (QED) is 0.401. The number of halogens is 3. The third-order valence-corrected chi connectivity index (χ3v) is 5.87. The van der Waals surface area contributed by atoms with Crippen LogP contribution in [0.4, 0.5) is 0 Å². The highest BCUT2D eigenvalue weighted by Crippen LogP contribution is 2.35. The second-order valence-corrected chi connectivity index (χ2v) is 8.66. The van der Waals surface area contributed by atoms with Crippen molar-refractivity contribution >= 4 is 41.3 Å². The highest BCUT2D eigenvalue weighted by Gasteiger charge is 2.22. The Balaban J connectivity index is 0.000000597. The fourth-order valence-electron chi connectivity index (χ4n) is 3.75. The van der Waals surface area contributed by atoms with Gasteiger partial charge in [0.15, 0.2) is 5.65 Å². The molecule has 4 N–H and O–H groups in total. The lowest BCUT2D eigenvalue weighted by molar-refractivity contribution is 0.216. The van der Waals surface area contributed by atoms with E-state index in [2.05, 4.69) is 45.7 Å². The monoisotopic (exact) mass is 508 g/mol. The molecule has 0 fully saturated rings. The molecule has 176 valence electrons. The molecule has 5 rings (SSSR count). The number of rotatable bonds is 2. The molecule has 2 aromatic carbocycles. The highest BCUT2D eigenvalue weighted by atomic mass is 35.5. The largest absolute Gasteiger partial charge is 0.412 e. The summed E-state index contributed by atoms with van der Waals surface area (Å²) < 4.78 is 1.80. The molecule has 1 aliphatic heterocycles. The van der Waals surface area contributed by atoms with Crippen molar-refractivity contribution in [3.63, 3.8) is 0 Å². The van der Waals surface area contributed by atoms with E-state index in [1.54, 1.807) is 24.7 Å². The summed E-state index contributed by atoms with van der Waals surface area (Å²) in [5.74, 6) is 0.260. The van der Waals surface area contributed by atoms with Gasteiger partial charge in [-0.1, -0.05) is 41.4 Å². The van der Waals surface area contributed by atoms with E-state index >= 15 is 0 Å². The summed E-state index contributed by atoms with van der Waals surface area (Å²) in [6.45, 7) is 5.18. The minimum Gasteiger partial charge on any atom is -0.412 e. The maximum atomic E-state index is 8.06. The van der Waals surface area contributed by atoms with E-state index in [1.807, 2.05) is 24.4 Å². The number of aromatic nitrogens is 3. The van der Waals surface area contributed by atoms with Gasteiger partial charge < -0.3 is 15.9 Å². The van der Waals surface area contributed by atoms with Crippen LogP contribution < -0.4 is 5.32 Å². The zero-order chi connectivity index (χ0) is 22.0. The first-order valence-electron chi connectivity index (χ1n) is 10.2. The molecular formula is C24H27Cl3N4O2. The molecule has 0 saturated carbocycles. The molecule has 9 heteroatoms. The van der Waals surface area contributed by atoms with Crippen molar-refractivity contribution in [3.05, 3.63) is 87.8 Å². The Kier molecular flexibility index (Phi) is 9.67. The molecule has 0 spiro atoms. The van der Waals surface area contributed by atoms with Gasteiger partial charge in [-0.05, 0) is 66.4 Å². The van der Waals surface area contributed by atoms with E-state index < -0.39 is 0 Å². The second kappa shape index (κ2) is 11.8. The van der Waals surface area contributed by atoms with Gasteiger partial charge in [0, 0.05) is 36.9 Å². The Hall–Kier alpha value is -2.19. The lowest BCUT2D eigenvalue weighted by Gasteiger charge is -2.27. The molecule has 0 amide bonds. The van der Waals surface area contributed by atoms with Crippen molar-refractivity contribution in [2.24, 2.45) is 0 Å². The molecule has 1 aliphatic rings. The van der Waals surface area contributed by atoms with Crippen LogP contribution in [-0.4, -0.2) is 37.8 Å². The summed E-state index contributed by atoms with van der Waals surface area (Å²) in [5.41, 5.74) is 6.94. The lowest BCUT2D eigenvalue weighted by atomic mass is 9.84. The summed E-state index contributed by atoms with van der Waals surface area (Å²) in [6.07, 6.45) is 3.41. The number of hydrogen-bond acceptors (Lipinski definition) is 4. The molecular weight excluding hydrogens is 483 g/mol. The first-order valence-corrected chi connectivity index (χ1v) is 10.9. The molecule has 1 atom stereocenters. The van der Waals surface area contributed by atoms with E-state index in [4.69, 9.17) is 28.3 Å². The second-order valence-electron chi connectivity index (χ2n) is 7.84. The van der Waals surface area contributed by atoms with E-state index in [0.717, 1.165) is 24.3 Å². The van der Waals surface area contributed by atoms with Crippen LogP contribution in [0.25, 0.3) is 16.8 Å². The van der Waals surface area contributed by atoms with Gasteiger partial charge in [0.1, 0.15) is 6.33 Å². The fourth-order valence-corrected chi connectivity index (χ4v) is 4.06. The van der Waals surface area contributed by atoms with Crippen LogP contribution in [0, 0.1) is 0 Å². The summed E-state index contributed by atoms with van der Waals surface area (Å²) in [4.78, 5) is 4.20. The molecule has 4 aromatic rings. The molecule has 0 saturated heterocycles. The number of nitrogens with one attached hydrogen (secondary N) is 1. The Morgan fingerprint density at radius 2 is 1.76 bits per heavy atom. The molecule has 6 nitrogen and oxygen atoms in total. The Bertz CT molecular complexity index is 1210. The number of fused-ring (bicyclic) bond motifs is 2. The summed E-state index contributed by atoms with van der Waals surface area (Å²) in [7, 11) is 0. The molecule has 0 bridgehead atoms. The Morgan fingerprint density at radius 1 is 1.03 bits per heavy atom. The number of aliphatic hydroxyl groups excluding tert-OH is 1. The van der Waals surface area contributed by atoms with E-state index in [9.17, 15) is 0 Å². The topological polar surface area (TPSA) is 94.0 Å². The molecule has 1 unspecified atom stereocenters. The van der Waals surface area contributed by atoms with Crippen molar-refractivity contribution in [1.29, 1.82) is 0 Å². The average molecular weight is 510 g/mol. The normalized spacial score (nSPS) is 14.5. The van der Waals surface area contributed by atoms with Gasteiger partial charge in [-0.2, -0.15) is 5.10 Å². The minimum absolute atomic E-state index is 0. The molecule has 2 aromatic heterocycles. The Morgan fingerprint density at radius 3 is 2.48 bits per heavy atom. The van der Waals surface area contributed by atoms with Gasteiger partial charge in [0.25, 0.3) is 0 Å². The Labute approximate surface area is 209 Å². The van der Waals surface area contributed by atoms with Crippen LogP contribution in [0.3, 0.4) is 0 Å². The third-order valence-electron chi connectivity index (χ3n) is 5.14. The van der Waals surface area contributed by atoms with Gasteiger partial charge in [-0.3, -0.25) is 0 Å². The first kappa shape index (κ1) is 27.1. The summed E-state index contributed by atoms with van der Waals surface area (Å²) >= 11 is 12.3. The van der Waals surface area contributed by atoms with Crippen LogP contribution in [-0.2, 0) is 6.54 Å². The number of benzene rings is 2. The zero-order valence-corrected chi connectivity index (χ0v) is 20.6. The van der Waals surface area contributed by atoms with Crippen LogP contribution >= 0.6 is 35.6 Å². The van der Waals surface area contributed by atoms with E-state index in [0.29, 0.717) is 10.0 Å².